The maximum absolute atomic E-state index is 5.35. The largest absolute Gasteiger partial charge is 0.208 e. The summed E-state index contributed by atoms with van der Waals surface area (Å²) in [5.74, 6) is 1.91. The normalized spacial score (nSPS) is 12.4. The van der Waals surface area contributed by atoms with E-state index in [0.717, 1.165) is 44.3 Å². The van der Waals surface area contributed by atoms with Crippen molar-refractivity contribution in [3.8, 4) is 67.5 Å². The molecule has 9 aromatic carbocycles. The lowest BCUT2D eigenvalue weighted by Crippen LogP contribution is -2.28. The Hall–Kier alpha value is -7.79. The predicted octanol–water partition coefficient (Wildman–Crippen LogP) is 15.6. The molecule has 0 amide bonds. The van der Waals surface area contributed by atoms with Gasteiger partial charge in [0.25, 0.3) is 0 Å². The third-order valence-electron chi connectivity index (χ3n) is 12.4. The molecule has 0 N–H and O–H groups in total. The molecule has 4 heteroatoms. The monoisotopic (exact) mass is 823 g/mol. The van der Waals surface area contributed by atoms with Gasteiger partial charge in [-0.2, -0.15) is 0 Å². The van der Waals surface area contributed by atoms with Gasteiger partial charge in [0.05, 0.1) is 5.41 Å². The molecule has 63 heavy (non-hydrogen) atoms. The Bertz CT molecular complexity index is 3320. The molecule has 0 unspecified atom stereocenters. The average molecular weight is 824 g/mol. The van der Waals surface area contributed by atoms with E-state index in [2.05, 4.69) is 212 Å². The molecular weight excluding hydrogens is 783 g/mol. The lowest BCUT2D eigenvalue weighted by atomic mass is 9.67. The number of rotatable bonds is 7. The molecule has 2 aromatic heterocycles. The summed E-state index contributed by atoms with van der Waals surface area (Å²) in [5.41, 5.74) is 14.5. The summed E-state index contributed by atoms with van der Waals surface area (Å²) in [7, 11) is 0. The Kier molecular flexibility index (Phi) is 9.44. The molecule has 11 aromatic rings. The van der Waals surface area contributed by atoms with Crippen molar-refractivity contribution in [2.45, 2.75) is 12.8 Å². The lowest BCUT2D eigenvalue weighted by Gasteiger charge is -2.34. The summed E-state index contributed by atoms with van der Waals surface area (Å²) < 4.78 is 2.41. The molecule has 0 bridgehead atoms. The van der Waals surface area contributed by atoms with Crippen molar-refractivity contribution < 1.29 is 0 Å². The molecule has 0 spiro atoms. The van der Waals surface area contributed by atoms with Crippen LogP contribution >= 0.6 is 11.3 Å². The van der Waals surface area contributed by atoms with Gasteiger partial charge in [-0.15, -0.1) is 11.3 Å². The van der Waals surface area contributed by atoms with Gasteiger partial charge in [0.1, 0.15) is 0 Å². The van der Waals surface area contributed by atoms with E-state index in [1.54, 1.807) is 0 Å². The van der Waals surface area contributed by atoms with Crippen molar-refractivity contribution in [1.29, 1.82) is 0 Å². The Morgan fingerprint density at radius 2 is 0.778 bits per heavy atom. The molecule has 0 atom stereocenters. The minimum atomic E-state index is -0.507. The first-order chi connectivity index (χ1) is 30.7. The van der Waals surface area contributed by atoms with Gasteiger partial charge in [0, 0.05) is 36.9 Å². The van der Waals surface area contributed by atoms with Gasteiger partial charge < -0.3 is 0 Å². The summed E-state index contributed by atoms with van der Waals surface area (Å²) in [5, 5.41) is 2.34. The highest BCUT2D eigenvalue weighted by molar-refractivity contribution is 7.25. The van der Waals surface area contributed by atoms with Crippen molar-refractivity contribution in [3.05, 3.63) is 247 Å². The average Bonchev–Trinajstić information content (AvgIpc) is 3.88. The standard InChI is InChI=1S/C58H37N3S.CH4/c1-4-17-38(18-5-1)40-21-14-23-42(35-40)55-59-56(43-24-15-22-41(36-43)39-19-6-2-7-20-39)61-57(60-55)48-29-16-32-53-54(48)49-37-45(33-34-52(49)62-53)58(44-25-8-3-9-26-44)50-30-12-10-27-46(50)47-28-11-13-31-51(47)58;/h1-37H;1H4. The van der Waals surface area contributed by atoms with E-state index >= 15 is 0 Å². The topological polar surface area (TPSA) is 38.7 Å². The summed E-state index contributed by atoms with van der Waals surface area (Å²) in [6.07, 6.45) is 0. The fourth-order valence-electron chi connectivity index (χ4n) is 9.65. The van der Waals surface area contributed by atoms with Crippen LogP contribution in [0.5, 0.6) is 0 Å². The number of hydrogen-bond acceptors (Lipinski definition) is 4. The van der Waals surface area contributed by atoms with Gasteiger partial charge in [-0.05, 0) is 86.0 Å². The second-order valence-corrected chi connectivity index (χ2v) is 17.0. The van der Waals surface area contributed by atoms with E-state index in [0.29, 0.717) is 17.5 Å². The van der Waals surface area contributed by atoms with E-state index in [9.17, 15) is 0 Å². The number of fused-ring (bicyclic) bond motifs is 6. The summed E-state index contributed by atoms with van der Waals surface area (Å²) >= 11 is 1.82. The van der Waals surface area contributed by atoms with Crippen molar-refractivity contribution in [3.63, 3.8) is 0 Å². The Labute approximate surface area is 371 Å². The molecule has 12 rings (SSSR count). The molecule has 298 valence electrons. The van der Waals surface area contributed by atoms with Crippen molar-refractivity contribution in [1.82, 2.24) is 15.0 Å². The van der Waals surface area contributed by atoms with E-state index in [4.69, 9.17) is 15.0 Å². The molecule has 3 nitrogen and oxygen atoms in total. The highest BCUT2D eigenvalue weighted by Gasteiger charge is 2.46. The summed E-state index contributed by atoms with van der Waals surface area (Å²) in [6.45, 7) is 0. The van der Waals surface area contributed by atoms with E-state index in [1.807, 2.05) is 23.5 Å². The third-order valence-corrected chi connectivity index (χ3v) is 13.6. The van der Waals surface area contributed by atoms with E-state index in [1.165, 1.54) is 48.2 Å². The van der Waals surface area contributed by atoms with Gasteiger partial charge >= 0.3 is 0 Å². The van der Waals surface area contributed by atoms with Crippen LogP contribution in [-0.2, 0) is 5.41 Å². The molecule has 2 heterocycles. The molecule has 0 saturated carbocycles. The second kappa shape index (κ2) is 15.6. The smallest absolute Gasteiger partial charge is 0.164 e. The third kappa shape index (κ3) is 6.30. The van der Waals surface area contributed by atoms with Crippen molar-refractivity contribution in [2.75, 3.05) is 0 Å². The Morgan fingerprint density at radius 3 is 1.37 bits per heavy atom. The second-order valence-electron chi connectivity index (χ2n) is 15.9. The molecule has 0 fully saturated rings. The highest BCUT2D eigenvalue weighted by Crippen LogP contribution is 2.56. The van der Waals surface area contributed by atoms with Crippen LogP contribution in [0.3, 0.4) is 0 Å². The van der Waals surface area contributed by atoms with Gasteiger partial charge in [-0.25, -0.2) is 15.0 Å². The Balaban J connectivity index is 0.00000444. The Morgan fingerprint density at radius 1 is 0.317 bits per heavy atom. The van der Waals surface area contributed by atoms with Crippen LogP contribution in [0.15, 0.2) is 224 Å². The summed E-state index contributed by atoms with van der Waals surface area (Å²) in [4.78, 5) is 15.9. The molecule has 0 radical (unpaired) electrons. The first-order valence-corrected chi connectivity index (χ1v) is 21.8. The number of nitrogens with zero attached hydrogens (tertiary/aromatic N) is 3. The fourth-order valence-corrected chi connectivity index (χ4v) is 10.8. The minimum absolute atomic E-state index is 0. The van der Waals surface area contributed by atoms with Crippen molar-refractivity contribution >= 4 is 31.5 Å². The first kappa shape index (κ1) is 38.2. The highest BCUT2D eigenvalue weighted by atomic mass is 32.1. The van der Waals surface area contributed by atoms with Crippen LogP contribution in [0.2, 0.25) is 0 Å². The fraction of sp³-hybridized carbons (Fsp3) is 0.0339. The number of hydrogen-bond donors (Lipinski definition) is 0. The van der Waals surface area contributed by atoms with E-state index in [-0.39, 0.29) is 7.43 Å². The van der Waals surface area contributed by atoms with Crippen LogP contribution in [0.4, 0.5) is 0 Å². The summed E-state index contributed by atoms with van der Waals surface area (Å²) in [6, 6.07) is 80.5. The quantitative estimate of drug-likeness (QED) is 0.161. The van der Waals surface area contributed by atoms with Crippen molar-refractivity contribution in [2.24, 2.45) is 0 Å². The molecule has 0 aliphatic heterocycles. The molecule has 1 aliphatic rings. The molecule has 0 saturated heterocycles. The van der Waals surface area contributed by atoms with Crippen LogP contribution in [0.25, 0.3) is 87.7 Å². The zero-order valence-corrected chi connectivity index (χ0v) is 34.4. The minimum Gasteiger partial charge on any atom is -0.208 e. The van der Waals surface area contributed by atoms with E-state index < -0.39 is 5.41 Å². The van der Waals surface area contributed by atoms with Gasteiger partial charge in [0.2, 0.25) is 0 Å². The van der Waals surface area contributed by atoms with Crippen LogP contribution in [0, 0.1) is 0 Å². The maximum atomic E-state index is 5.35. The van der Waals surface area contributed by atoms with Gasteiger partial charge in [-0.1, -0.05) is 202 Å². The number of thiophene rings is 1. The zero-order chi connectivity index (χ0) is 41.0. The van der Waals surface area contributed by atoms with Crippen LogP contribution in [-0.4, -0.2) is 15.0 Å². The number of benzene rings is 9. The van der Waals surface area contributed by atoms with Crippen LogP contribution < -0.4 is 0 Å². The predicted molar refractivity (Wildman–Crippen MR) is 264 cm³/mol. The van der Waals surface area contributed by atoms with Gasteiger partial charge in [0.15, 0.2) is 17.5 Å². The molecular formula is C59H41N3S. The number of aromatic nitrogens is 3. The lowest BCUT2D eigenvalue weighted by molar-refractivity contribution is 0.770. The first-order valence-electron chi connectivity index (χ1n) is 21.0. The molecule has 1 aliphatic carbocycles. The maximum Gasteiger partial charge on any atom is 0.164 e. The SMILES string of the molecule is C.c1ccc(-c2cccc(-c3nc(-c4cccc(-c5ccccc5)c4)nc(-c4cccc5sc6ccc(C7(c8ccccc8)c8ccccc8-c8ccccc87)cc6c45)n3)c2)cc1. The van der Waals surface area contributed by atoms with Crippen LogP contribution in [0.1, 0.15) is 29.7 Å². The zero-order valence-electron chi connectivity index (χ0n) is 33.6. The van der Waals surface area contributed by atoms with Gasteiger partial charge in [-0.3, -0.25) is 0 Å².